The minimum atomic E-state index is -0.375. The van der Waals surface area contributed by atoms with E-state index in [1.807, 2.05) is 53.4 Å². The Morgan fingerprint density at radius 3 is 2.69 bits per heavy atom. The lowest BCUT2D eigenvalue weighted by Gasteiger charge is -2.47. The van der Waals surface area contributed by atoms with Crippen LogP contribution in [0.4, 0.5) is 0 Å². The van der Waals surface area contributed by atoms with Gasteiger partial charge in [-0.25, -0.2) is 0 Å². The van der Waals surface area contributed by atoms with Crippen molar-refractivity contribution < 1.29 is 14.3 Å². The van der Waals surface area contributed by atoms with Crippen LogP contribution >= 0.6 is 23.2 Å². The van der Waals surface area contributed by atoms with E-state index in [-0.39, 0.29) is 23.7 Å². The van der Waals surface area contributed by atoms with Crippen molar-refractivity contribution in [1.29, 1.82) is 0 Å². The van der Waals surface area contributed by atoms with E-state index in [1.165, 1.54) is 0 Å². The van der Waals surface area contributed by atoms with Crippen LogP contribution in [0.5, 0.6) is 0 Å². The third kappa shape index (κ3) is 5.31. The zero-order chi connectivity index (χ0) is 22.6. The summed E-state index contributed by atoms with van der Waals surface area (Å²) in [5.74, 6) is 0.140. The number of carbonyl (C=O) groups is 1. The number of piperidine rings is 1. The molecule has 32 heavy (non-hydrogen) atoms. The third-order valence-electron chi connectivity index (χ3n) is 6.84. The Kier molecular flexibility index (Phi) is 7.78. The molecule has 0 spiro atoms. The Morgan fingerprint density at radius 1 is 1.16 bits per heavy atom. The van der Waals surface area contributed by atoms with Crippen molar-refractivity contribution >= 4 is 29.1 Å². The van der Waals surface area contributed by atoms with Gasteiger partial charge in [0.2, 0.25) is 5.91 Å². The lowest BCUT2D eigenvalue weighted by molar-refractivity contribution is -0.202. The maximum atomic E-state index is 13.2. The van der Waals surface area contributed by atoms with Crippen molar-refractivity contribution in [2.75, 3.05) is 19.7 Å². The fourth-order valence-electron chi connectivity index (χ4n) is 4.96. The van der Waals surface area contributed by atoms with Crippen LogP contribution in [0.25, 0.3) is 0 Å². The Labute approximate surface area is 200 Å². The van der Waals surface area contributed by atoms with E-state index in [9.17, 15) is 4.79 Å². The van der Waals surface area contributed by atoms with Crippen LogP contribution in [-0.2, 0) is 26.1 Å². The first-order valence-corrected chi connectivity index (χ1v) is 12.3. The molecule has 2 saturated heterocycles. The number of benzene rings is 2. The molecule has 2 aliphatic heterocycles. The highest BCUT2D eigenvalue weighted by Crippen LogP contribution is 2.41. The Bertz CT molecular complexity index is 917. The van der Waals surface area contributed by atoms with Gasteiger partial charge in [-0.1, -0.05) is 59.6 Å². The van der Waals surface area contributed by atoms with Crippen molar-refractivity contribution in [1.82, 2.24) is 4.90 Å². The predicted octanol–water partition coefficient (Wildman–Crippen LogP) is 6.03. The van der Waals surface area contributed by atoms with Crippen molar-refractivity contribution in [2.45, 2.75) is 63.3 Å². The van der Waals surface area contributed by atoms with E-state index in [4.69, 9.17) is 32.7 Å². The van der Waals surface area contributed by atoms with Gasteiger partial charge in [0.25, 0.3) is 0 Å². The van der Waals surface area contributed by atoms with E-state index in [0.717, 1.165) is 56.4 Å². The Morgan fingerprint density at radius 2 is 1.97 bits per heavy atom. The summed E-state index contributed by atoms with van der Waals surface area (Å²) in [6, 6.07) is 15.7. The summed E-state index contributed by atoms with van der Waals surface area (Å²) in [6.07, 6.45) is 4.96. The van der Waals surface area contributed by atoms with Gasteiger partial charge in [0.1, 0.15) is 0 Å². The molecule has 2 aromatic rings. The molecule has 2 heterocycles. The van der Waals surface area contributed by atoms with E-state index >= 15 is 0 Å². The van der Waals surface area contributed by atoms with E-state index in [2.05, 4.69) is 6.92 Å². The average molecular weight is 476 g/mol. The molecule has 2 fully saturated rings. The molecule has 3 unspecified atom stereocenters. The van der Waals surface area contributed by atoms with Crippen LogP contribution in [0.15, 0.2) is 48.5 Å². The molecule has 4 nitrogen and oxygen atoms in total. The summed E-state index contributed by atoms with van der Waals surface area (Å²) >= 11 is 12.6. The topological polar surface area (TPSA) is 38.8 Å². The smallest absolute Gasteiger partial charge is 0.227 e. The second kappa shape index (κ2) is 10.6. The molecule has 0 aromatic heterocycles. The molecule has 0 aliphatic carbocycles. The van der Waals surface area contributed by atoms with Crippen molar-refractivity contribution in [3.63, 3.8) is 0 Å². The fraction of sp³-hybridized carbons (Fsp3) is 0.500. The quantitative estimate of drug-likeness (QED) is 0.511. The highest BCUT2D eigenvalue weighted by Gasteiger charge is 2.44. The first-order valence-electron chi connectivity index (χ1n) is 11.5. The van der Waals surface area contributed by atoms with Gasteiger partial charge in [-0.15, -0.1) is 0 Å². The second-order valence-electron chi connectivity index (χ2n) is 8.94. The van der Waals surface area contributed by atoms with Gasteiger partial charge in [0, 0.05) is 25.1 Å². The average Bonchev–Trinajstić information content (AvgIpc) is 2.82. The van der Waals surface area contributed by atoms with Gasteiger partial charge in [0.15, 0.2) is 6.29 Å². The van der Waals surface area contributed by atoms with Gasteiger partial charge in [0.05, 0.1) is 22.6 Å². The molecule has 4 rings (SSSR count). The zero-order valence-corrected chi connectivity index (χ0v) is 20.1. The van der Waals surface area contributed by atoms with Crippen LogP contribution in [-0.4, -0.2) is 42.9 Å². The lowest BCUT2D eigenvalue weighted by atomic mass is 9.70. The number of amides is 1. The number of halogens is 2. The first-order chi connectivity index (χ1) is 15.5. The van der Waals surface area contributed by atoms with E-state index in [0.29, 0.717) is 23.0 Å². The van der Waals surface area contributed by atoms with Gasteiger partial charge in [-0.2, -0.15) is 0 Å². The summed E-state index contributed by atoms with van der Waals surface area (Å²) < 4.78 is 12.3. The summed E-state index contributed by atoms with van der Waals surface area (Å²) in [5, 5.41) is 1.06. The third-order valence-corrected chi connectivity index (χ3v) is 7.58. The molecular weight excluding hydrogens is 445 g/mol. The summed E-state index contributed by atoms with van der Waals surface area (Å²) in [7, 11) is 0. The van der Waals surface area contributed by atoms with Crippen LogP contribution in [0, 0.1) is 0 Å². The fourth-order valence-corrected chi connectivity index (χ4v) is 5.26. The Balaban J connectivity index is 1.60. The number of rotatable bonds is 6. The standard InChI is InChI=1S/C26H31Cl2NO3/c1-19(32-25-10-5-6-15-31-25)26(21-11-12-22(27)23(28)17-21)13-7-14-29(18-26)24(30)16-20-8-3-2-4-9-20/h2-4,8-9,11-12,17,19,25H,5-7,10,13-16,18H2,1H3. The van der Waals surface area contributed by atoms with Crippen molar-refractivity contribution in [2.24, 2.45) is 0 Å². The van der Waals surface area contributed by atoms with Crippen LogP contribution < -0.4 is 0 Å². The molecule has 0 saturated carbocycles. The van der Waals surface area contributed by atoms with E-state index < -0.39 is 0 Å². The highest BCUT2D eigenvalue weighted by atomic mass is 35.5. The minimum Gasteiger partial charge on any atom is -0.353 e. The van der Waals surface area contributed by atoms with Gasteiger partial charge < -0.3 is 14.4 Å². The van der Waals surface area contributed by atoms with Crippen molar-refractivity contribution in [3.05, 3.63) is 69.7 Å². The second-order valence-corrected chi connectivity index (χ2v) is 9.76. The predicted molar refractivity (Wildman–Crippen MR) is 128 cm³/mol. The molecule has 0 N–H and O–H groups in total. The normalized spacial score (nSPS) is 24.8. The number of likely N-dealkylation sites (tertiary alicyclic amines) is 1. The molecule has 3 atom stereocenters. The zero-order valence-electron chi connectivity index (χ0n) is 18.6. The maximum absolute atomic E-state index is 13.2. The SMILES string of the molecule is CC(OC1CCCCO1)C1(c2ccc(Cl)c(Cl)c2)CCCN(C(=O)Cc2ccccc2)C1. The molecule has 0 bridgehead atoms. The lowest BCUT2D eigenvalue weighted by Crippen LogP contribution is -2.55. The number of hydrogen-bond donors (Lipinski definition) is 0. The van der Waals surface area contributed by atoms with Gasteiger partial charge in [-0.05, 0) is 62.3 Å². The largest absolute Gasteiger partial charge is 0.353 e. The highest BCUT2D eigenvalue weighted by molar-refractivity contribution is 6.42. The molecule has 1 amide bonds. The molecule has 0 radical (unpaired) electrons. The van der Waals surface area contributed by atoms with Crippen molar-refractivity contribution in [3.8, 4) is 0 Å². The number of nitrogens with zero attached hydrogens (tertiary/aromatic N) is 1. The number of carbonyl (C=O) groups excluding carboxylic acids is 1. The Hall–Kier alpha value is -1.59. The molecule has 2 aromatic carbocycles. The minimum absolute atomic E-state index is 0.140. The maximum Gasteiger partial charge on any atom is 0.227 e. The molecular formula is C26H31Cl2NO3. The van der Waals surface area contributed by atoms with Crippen LogP contribution in [0.1, 0.15) is 50.2 Å². The molecule has 172 valence electrons. The number of ether oxygens (including phenoxy) is 2. The molecule has 6 heteroatoms. The van der Waals surface area contributed by atoms with Crippen LogP contribution in [0.2, 0.25) is 10.0 Å². The first kappa shape index (κ1) is 23.6. The van der Waals surface area contributed by atoms with E-state index in [1.54, 1.807) is 0 Å². The van der Waals surface area contributed by atoms with Crippen LogP contribution in [0.3, 0.4) is 0 Å². The van der Waals surface area contributed by atoms with Gasteiger partial charge >= 0.3 is 0 Å². The monoisotopic (exact) mass is 475 g/mol. The summed E-state index contributed by atoms with van der Waals surface area (Å²) in [6.45, 7) is 4.18. The molecule has 2 aliphatic rings. The summed E-state index contributed by atoms with van der Waals surface area (Å²) in [4.78, 5) is 15.2. The number of hydrogen-bond acceptors (Lipinski definition) is 3. The summed E-state index contributed by atoms with van der Waals surface area (Å²) in [5.41, 5.74) is 1.72. The van der Waals surface area contributed by atoms with Gasteiger partial charge in [-0.3, -0.25) is 4.79 Å².